The summed E-state index contributed by atoms with van der Waals surface area (Å²) in [6.07, 6.45) is 54.7. The predicted molar refractivity (Wildman–Crippen MR) is 263 cm³/mol. The van der Waals surface area contributed by atoms with E-state index in [1.165, 1.54) is 148 Å². The fraction of sp³-hybridized carbons (Fsp3) is 0.788. The Morgan fingerprint density at radius 1 is 0.484 bits per heavy atom. The van der Waals surface area contributed by atoms with E-state index in [0.717, 1.165) is 38.5 Å². The molecular weight excluding hydrogens is 830 g/mol. The van der Waals surface area contributed by atoms with Crippen molar-refractivity contribution >= 4 is 25.7 Å². The van der Waals surface area contributed by atoms with Gasteiger partial charge >= 0.3 is 25.7 Å². The second-order valence-electron chi connectivity index (χ2n) is 17.3. The Bertz CT molecular complexity index is 1270. The van der Waals surface area contributed by atoms with E-state index in [-0.39, 0.29) is 19.4 Å². The number of rotatable bonds is 48. The minimum atomic E-state index is -4.74. The maximum absolute atomic E-state index is 12.7. The third-order valence-corrected chi connectivity index (χ3v) is 12.0. The summed E-state index contributed by atoms with van der Waals surface area (Å²) in [5.41, 5.74) is 5.35. The SMILES string of the molecule is CCCCCCCCC/C=C/C/C=C/C/C=C/C/C=C/CCCC(=O)O[C@H](COC(=O)CCCCCCCCCCCCCCCCCCCCC)COP(=O)(O)OC[C@H](N)C(=O)O. The summed E-state index contributed by atoms with van der Waals surface area (Å²) in [6.45, 7) is 2.78. The average molecular weight is 924 g/mol. The van der Waals surface area contributed by atoms with Gasteiger partial charge in [0.1, 0.15) is 12.6 Å². The van der Waals surface area contributed by atoms with Crippen molar-refractivity contribution in [2.75, 3.05) is 19.8 Å². The van der Waals surface area contributed by atoms with Gasteiger partial charge in [0.2, 0.25) is 0 Å². The van der Waals surface area contributed by atoms with Crippen molar-refractivity contribution in [3.8, 4) is 0 Å². The molecule has 0 aromatic heterocycles. The van der Waals surface area contributed by atoms with Crippen LogP contribution in [0.5, 0.6) is 0 Å². The molecule has 0 aromatic rings. The van der Waals surface area contributed by atoms with Crippen LogP contribution in [-0.2, 0) is 37.5 Å². The monoisotopic (exact) mass is 924 g/mol. The molecule has 0 fully saturated rings. The Hall–Kier alpha value is -2.56. The number of hydrogen-bond acceptors (Lipinski definition) is 9. The number of unbranched alkanes of at least 4 members (excludes halogenated alkanes) is 26. The highest BCUT2D eigenvalue weighted by Gasteiger charge is 2.28. The van der Waals surface area contributed by atoms with Crippen LogP contribution in [0.3, 0.4) is 0 Å². The van der Waals surface area contributed by atoms with Crippen LogP contribution in [0.15, 0.2) is 48.6 Å². The first-order valence-corrected chi connectivity index (χ1v) is 27.2. The highest BCUT2D eigenvalue weighted by atomic mass is 31.2. The molecule has 64 heavy (non-hydrogen) atoms. The molecule has 0 spiro atoms. The number of carboxylic acids is 1. The normalized spacial score (nSPS) is 13.9. The molecule has 1 unspecified atom stereocenters. The predicted octanol–water partition coefficient (Wildman–Crippen LogP) is 14.5. The van der Waals surface area contributed by atoms with Gasteiger partial charge in [-0.15, -0.1) is 0 Å². The van der Waals surface area contributed by atoms with Gasteiger partial charge in [0.05, 0.1) is 13.2 Å². The molecule has 372 valence electrons. The molecule has 12 heteroatoms. The molecule has 0 saturated heterocycles. The maximum Gasteiger partial charge on any atom is 0.472 e. The van der Waals surface area contributed by atoms with Crippen molar-refractivity contribution in [3.05, 3.63) is 48.6 Å². The molecule has 0 rings (SSSR count). The largest absolute Gasteiger partial charge is 0.480 e. The zero-order valence-electron chi connectivity index (χ0n) is 40.6. The molecule has 0 bridgehead atoms. The first-order valence-electron chi connectivity index (χ1n) is 25.7. The molecular formula is C52H94NO10P. The van der Waals surface area contributed by atoms with Crippen LogP contribution in [-0.4, -0.2) is 59.9 Å². The minimum absolute atomic E-state index is 0.0863. The molecule has 4 N–H and O–H groups in total. The molecule has 3 atom stereocenters. The quantitative estimate of drug-likeness (QED) is 0.0229. The van der Waals surface area contributed by atoms with Crippen molar-refractivity contribution in [1.82, 2.24) is 0 Å². The number of carbonyl (C=O) groups is 3. The van der Waals surface area contributed by atoms with E-state index < -0.39 is 51.1 Å². The molecule has 0 saturated carbocycles. The van der Waals surface area contributed by atoms with Crippen molar-refractivity contribution < 1.29 is 47.5 Å². The number of nitrogens with two attached hydrogens (primary N) is 1. The van der Waals surface area contributed by atoms with Crippen molar-refractivity contribution in [2.45, 2.75) is 244 Å². The van der Waals surface area contributed by atoms with Crippen LogP contribution in [0.25, 0.3) is 0 Å². The third-order valence-electron chi connectivity index (χ3n) is 11.1. The highest BCUT2D eigenvalue weighted by molar-refractivity contribution is 7.47. The van der Waals surface area contributed by atoms with Gasteiger partial charge in [-0.25, -0.2) is 4.57 Å². The van der Waals surface area contributed by atoms with E-state index in [4.69, 9.17) is 24.8 Å². The number of aliphatic carboxylic acids is 1. The number of phosphoric acid groups is 1. The summed E-state index contributed by atoms with van der Waals surface area (Å²) in [7, 11) is -4.74. The smallest absolute Gasteiger partial charge is 0.472 e. The minimum Gasteiger partial charge on any atom is -0.480 e. The van der Waals surface area contributed by atoms with E-state index in [0.29, 0.717) is 19.3 Å². The zero-order chi connectivity index (χ0) is 47.0. The van der Waals surface area contributed by atoms with Crippen molar-refractivity contribution in [3.63, 3.8) is 0 Å². The Morgan fingerprint density at radius 3 is 1.28 bits per heavy atom. The molecule has 0 aliphatic carbocycles. The summed E-state index contributed by atoms with van der Waals surface area (Å²) in [6, 6.07) is -1.53. The summed E-state index contributed by atoms with van der Waals surface area (Å²) in [5.74, 6) is -2.44. The number of phosphoric ester groups is 1. The number of esters is 2. The van der Waals surface area contributed by atoms with Crippen LogP contribution in [0.2, 0.25) is 0 Å². The van der Waals surface area contributed by atoms with Crippen LogP contribution in [0.1, 0.15) is 232 Å². The average Bonchev–Trinajstić information content (AvgIpc) is 3.27. The maximum atomic E-state index is 12.7. The number of hydrogen-bond donors (Lipinski definition) is 3. The van der Waals surface area contributed by atoms with Gasteiger partial charge in [-0.3, -0.25) is 23.4 Å². The van der Waals surface area contributed by atoms with Gasteiger partial charge in [-0.1, -0.05) is 217 Å². The number of ether oxygens (including phenoxy) is 2. The summed E-state index contributed by atoms with van der Waals surface area (Å²) in [5, 5.41) is 8.92. The second kappa shape index (κ2) is 47.0. The molecule has 0 radical (unpaired) electrons. The van der Waals surface area contributed by atoms with Gasteiger partial charge in [-0.05, 0) is 51.4 Å². The van der Waals surface area contributed by atoms with Crippen LogP contribution >= 0.6 is 7.82 Å². The molecule has 0 aliphatic heterocycles. The Morgan fingerprint density at radius 2 is 0.844 bits per heavy atom. The van der Waals surface area contributed by atoms with Gasteiger partial charge < -0.3 is 25.2 Å². The lowest BCUT2D eigenvalue weighted by Gasteiger charge is -2.20. The highest BCUT2D eigenvalue weighted by Crippen LogP contribution is 2.43. The third kappa shape index (κ3) is 46.0. The summed E-state index contributed by atoms with van der Waals surface area (Å²) < 4.78 is 32.8. The van der Waals surface area contributed by atoms with Gasteiger partial charge in [0.15, 0.2) is 6.10 Å². The van der Waals surface area contributed by atoms with E-state index in [1.54, 1.807) is 0 Å². The fourth-order valence-electron chi connectivity index (χ4n) is 7.06. The fourth-order valence-corrected chi connectivity index (χ4v) is 7.84. The number of allylic oxidation sites excluding steroid dienone is 8. The summed E-state index contributed by atoms with van der Waals surface area (Å²) >= 11 is 0. The van der Waals surface area contributed by atoms with E-state index in [2.05, 4.69) is 54.8 Å². The van der Waals surface area contributed by atoms with E-state index in [1.807, 2.05) is 12.2 Å². The van der Waals surface area contributed by atoms with Crippen LogP contribution < -0.4 is 5.73 Å². The Kier molecular flexibility index (Phi) is 45.1. The molecule has 0 amide bonds. The van der Waals surface area contributed by atoms with E-state index >= 15 is 0 Å². The lowest BCUT2D eigenvalue weighted by molar-refractivity contribution is -0.161. The first kappa shape index (κ1) is 61.4. The van der Waals surface area contributed by atoms with Gasteiger partial charge in [0, 0.05) is 12.8 Å². The van der Waals surface area contributed by atoms with Gasteiger partial charge in [-0.2, -0.15) is 0 Å². The molecule has 0 heterocycles. The van der Waals surface area contributed by atoms with E-state index in [9.17, 15) is 23.8 Å². The Balaban J connectivity index is 4.34. The lowest BCUT2D eigenvalue weighted by Crippen LogP contribution is -2.34. The van der Waals surface area contributed by atoms with Crippen LogP contribution in [0, 0.1) is 0 Å². The first-order chi connectivity index (χ1) is 31.1. The summed E-state index contributed by atoms with van der Waals surface area (Å²) in [4.78, 5) is 46.1. The standard InChI is InChI=1S/C52H94NO10P/c1-3-5-7-9-11-13-15-17-19-21-23-24-26-28-30-32-34-36-38-40-42-44-51(55)63-48(46-61-64(58,59)62-47-49(53)52(56)57)45-60-50(54)43-41-39-37-35-33-31-29-27-25-22-20-18-16-14-12-10-8-6-4-2/h19,21,24,26,30,32,36,38,48-49H,3-18,20,22-23,25,27-29,31,33-35,37,39-47,53H2,1-2H3,(H,56,57)(H,58,59)/b21-19+,26-24+,32-30+,38-36+/t48-,49+/m1/s1. The molecule has 11 nitrogen and oxygen atoms in total. The van der Waals surface area contributed by atoms with Crippen molar-refractivity contribution in [2.24, 2.45) is 5.73 Å². The molecule has 0 aliphatic rings. The Labute approximate surface area is 390 Å². The number of carbonyl (C=O) groups excluding carboxylic acids is 2. The topological polar surface area (TPSA) is 172 Å². The second-order valence-corrected chi connectivity index (χ2v) is 18.8. The number of carboxylic acid groups (broad SMARTS) is 1. The zero-order valence-corrected chi connectivity index (χ0v) is 41.5. The molecule has 0 aromatic carbocycles. The van der Waals surface area contributed by atoms with Gasteiger partial charge in [0.25, 0.3) is 0 Å². The lowest BCUT2D eigenvalue weighted by atomic mass is 10.0. The van der Waals surface area contributed by atoms with Crippen molar-refractivity contribution in [1.29, 1.82) is 0 Å². The van der Waals surface area contributed by atoms with Crippen LogP contribution in [0.4, 0.5) is 0 Å².